The summed E-state index contributed by atoms with van der Waals surface area (Å²) in [5.41, 5.74) is 1.21. The molecule has 0 atom stereocenters. The zero-order chi connectivity index (χ0) is 46.0. The highest BCUT2D eigenvalue weighted by Crippen LogP contribution is 2.04. The Labute approximate surface area is 359 Å². The van der Waals surface area contributed by atoms with Gasteiger partial charge >= 0.3 is 0 Å². The van der Waals surface area contributed by atoms with Crippen molar-refractivity contribution in [2.75, 3.05) is 156 Å². The number of nitrogens with one attached hydrogen (secondary N) is 1. The first-order valence-electron chi connectivity index (χ1n) is 20.4. The Bertz CT molecular complexity index is 1020. The number of ether oxygens (including phenoxy) is 5. The first-order valence-corrected chi connectivity index (χ1v) is 22.7. The number of likely N-dealkylation sites (N-methyl/N-ethyl adjacent to an activating group) is 1. The van der Waals surface area contributed by atoms with Crippen LogP contribution in [0.5, 0.6) is 0 Å². The van der Waals surface area contributed by atoms with Crippen LogP contribution in [0.4, 0.5) is 0 Å². The van der Waals surface area contributed by atoms with Crippen molar-refractivity contribution in [3.63, 3.8) is 0 Å². The van der Waals surface area contributed by atoms with Crippen LogP contribution in [-0.2, 0) is 40.6 Å². The van der Waals surface area contributed by atoms with Crippen LogP contribution in [-0.4, -0.2) is 200 Å². The predicted octanol–water partition coefficient (Wildman–Crippen LogP) is 5.44. The SMILES string of the molecule is CCOC.CCOC.CN(C)C.CN1CCCC1.CN1CCCCC1.CN1CCOCC1.COC.COC(C)C.CS(C)(=O)=O.C[n+]1cc[nH]c1.Cc1cccnc1. The maximum Gasteiger partial charge on any atom is 0.241 e. The molecule has 1 N–H and O–H groups in total. The van der Waals surface area contributed by atoms with E-state index in [1.807, 2.05) is 109 Å². The Morgan fingerprint density at radius 3 is 1.28 bits per heavy atom. The average molecular weight is 855 g/mol. The fourth-order valence-corrected chi connectivity index (χ4v) is 3.39. The van der Waals surface area contributed by atoms with Gasteiger partial charge in [0.25, 0.3) is 0 Å². The average Bonchev–Trinajstić information content (AvgIpc) is 3.87. The van der Waals surface area contributed by atoms with Crippen LogP contribution in [0.3, 0.4) is 0 Å². The minimum absolute atomic E-state index is 0.384. The molecule has 14 nitrogen and oxygen atoms in total. The van der Waals surface area contributed by atoms with Crippen molar-refractivity contribution in [2.24, 2.45) is 7.05 Å². The first kappa shape index (κ1) is 67.7. The first-order chi connectivity index (χ1) is 27.2. The van der Waals surface area contributed by atoms with E-state index in [-0.39, 0.29) is 0 Å². The molecule has 15 heteroatoms. The lowest BCUT2D eigenvalue weighted by Crippen LogP contribution is -2.32. The van der Waals surface area contributed by atoms with Gasteiger partial charge in [-0.25, -0.2) is 13.0 Å². The van der Waals surface area contributed by atoms with Gasteiger partial charge < -0.3 is 43.3 Å². The number of aromatic nitrogens is 3. The minimum atomic E-state index is -2.67. The summed E-state index contributed by atoms with van der Waals surface area (Å²) < 4.78 is 44.4. The van der Waals surface area contributed by atoms with Crippen molar-refractivity contribution in [1.82, 2.24) is 29.6 Å². The topological polar surface area (TPSA) is 126 Å². The Hall–Kier alpha value is -2.05. The standard InChI is InChI=1S/C6H7N.C6H13N.C5H11NO.C5H11N.C4H6N2.C4H10O.C3H9N.2C3H8O.C2H6O2S.C2H6O/c1-6-3-2-4-7-5-6;1-7-5-3-2-4-6-7;1-6-2-4-7-5-3-6;1-6-4-2-3-5-6;1-6-3-2-5-4-6;1-4(2)5-3;1-4(2)3;2*1-3-4-2;1-5(2,3)4;1-3-2/h2-5H,1H3;2-6H2,1H3;2-5H2,1H3;2-5H2,1H3;2-4H,1H3;4H,1-3H3;1-3H3;2*3H2,1-2H3;1-2H3;1-2H3/p+1. The van der Waals surface area contributed by atoms with E-state index in [4.69, 9.17) is 9.47 Å². The van der Waals surface area contributed by atoms with Crippen molar-refractivity contribution in [1.29, 1.82) is 0 Å². The zero-order valence-electron chi connectivity index (χ0n) is 41.2. The molecule has 0 aliphatic carbocycles. The van der Waals surface area contributed by atoms with Gasteiger partial charge in [-0.05, 0) is 140 Å². The fourth-order valence-electron chi connectivity index (χ4n) is 3.39. The molecule has 350 valence electrons. The summed E-state index contributed by atoms with van der Waals surface area (Å²) in [6.07, 6.45) is 19.1. The molecular formula is C43H96N7O7S+. The van der Waals surface area contributed by atoms with Gasteiger partial charge in [-0.15, -0.1) is 0 Å². The second-order valence-corrected chi connectivity index (χ2v) is 16.7. The van der Waals surface area contributed by atoms with Crippen LogP contribution in [0.1, 0.15) is 65.4 Å². The van der Waals surface area contributed by atoms with Gasteiger partial charge in [0.15, 0.2) is 0 Å². The number of hydrogen-bond donors (Lipinski definition) is 1. The highest BCUT2D eigenvalue weighted by Gasteiger charge is 2.04. The van der Waals surface area contributed by atoms with E-state index in [1.54, 1.807) is 41.7 Å². The number of piperidine rings is 1. The molecule has 5 heterocycles. The lowest BCUT2D eigenvalue weighted by molar-refractivity contribution is -0.670. The van der Waals surface area contributed by atoms with Gasteiger partial charge in [-0.2, -0.15) is 0 Å². The van der Waals surface area contributed by atoms with E-state index >= 15 is 0 Å². The van der Waals surface area contributed by atoms with E-state index < -0.39 is 9.84 Å². The molecule has 58 heavy (non-hydrogen) atoms. The minimum Gasteiger partial charge on any atom is -0.388 e. The van der Waals surface area contributed by atoms with Crippen LogP contribution >= 0.6 is 0 Å². The summed E-state index contributed by atoms with van der Waals surface area (Å²) in [6, 6.07) is 3.95. The quantitative estimate of drug-likeness (QED) is 0.396. The summed E-state index contributed by atoms with van der Waals surface area (Å²) >= 11 is 0. The Morgan fingerprint density at radius 1 is 0.810 bits per heavy atom. The van der Waals surface area contributed by atoms with Gasteiger partial charge in [-0.3, -0.25) is 9.97 Å². The van der Waals surface area contributed by atoms with Crippen LogP contribution in [0.2, 0.25) is 0 Å². The number of H-pyrrole nitrogens is 1. The van der Waals surface area contributed by atoms with Crippen LogP contribution < -0.4 is 4.57 Å². The number of rotatable bonds is 3. The molecule has 3 fully saturated rings. The van der Waals surface area contributed by atoms with Gasteiger partial charge in [0, 0.05) is 86.8 Å². The number of hydrogen-bond acceptors (Lipinski definition) is 12. The second-order valence-electron chi connectivity index (χ2n) is 14.4. The monoisotopic (exact) mass is 855 g/mol. The molecule has 3 aliphatic rings. The van der Waals surface area contributed by atoms with E-state index in [0.717, 1.165) is 52.0 Å². The fraction of sp³-hybridized carbons (Fsp3) is 0.814. The number of morpholine rings is 1. The van der Waals surface area contributed by atoms with E-state index in [2.05, 4.69) is 60.0 Å². The molecule has 0 radical (unpaired) electrons. The van der Waals surface area contributed by atoms with Crippen LogP contribution in [0.25, 0.3) is 0 Å². The second kappa shape index (κ2) is 55.0. The summed E-state index contributed by atoms with van der Waals surface area (Å²) in [4.78, 5) is 15.8. The summed E-state index contributed by atoms with van der Waals surface area (Å²) in [6.45, 7) is 20.9. The molecule has 3 saturated heterocycles. The van der Waals surface area contributed by atoms with Crippen molar-refractivity contribution in [3.05, 3.63) is 48.8 Å². The molecule has 2 aromatic rings. The lowest BCUT2D eigenvalue weighted by atomic mass is 10.1. The smallest absolute Gasteiger partial charge is 0.241 e. The molecule has 2 aromatic heterocycles. The predicted molar refractivity (Wildman–Crippen MR) is 248 cm³/mol. The summed E-state index contributed by atoms with van der Waals surface area (Å²) in [7, 11) is 20.1. The molecular weight excluding hydrogens is 759 g/mol. The maximum atomic E-state index is 9.63. The number of methoxy groups -OCH3 is 4. The third kappa shape index (κ3) is 94.8. The number of pyridine rings is 1. The normalized spacial score (nSPS) is 14.5. The highest BCUT2D eigenvalue weighted by atomic mass is 32.2. The van der Waals surface area contributed by atoms with Crippen molar-refractivity contribution in [2.45, 2.75) is 72.8 Å². The van der Waals surface area contributed by atoms with Crippen molar-refractivity contribution < 1.29 is 36.7 Å². The van der Waals surface area contributed by atoms with Crippen LogP contribution in [0.15, 0.2) is 43.2 Å². The molecule has 0 amide bonds. The number of sulfone groups is 1. The van der Waals surface area contributed by atoms with Gasteiger partial charge in [0.2, 0.25) is 6.33 Å². The Balaban J connectivity index is -0.000000130. The number of likely N-dealkylation sites (tertiary alicyclic amines) is 2. The van der Waals surface area contributed by atoms with Gasteiger partial charge in [0.05, 0.1) is 26.4 Å². The largest absolute Gasteiger partial charge is 0.388 e. The molecule has 0 unspecified atom stereocenters. The molecule has 0 saturated carbocycles. The van der Waals surface area contributed by atoms with E-state index in [9.17, 15) is 8.42 Å². The molecule has 0 spiro atoms. The van der Waals surface area contributed by atoms with Gasteiger partial charge in [0.1, 0.15) is 22.2 Å². The highest BCUT2D eigenvalue weighted by molar-refractivity contribution is 7.89. The maximum absolute atomic E-state index is 9.63. The Morgan fingerprint density at radius 2 is 1.16 bits per heavy atom. The van der Waals surface area contributed by atoms with E-state index in [1.165, 1.54) is 63.8 Å². The van der Waals surface area contributed by atoms with Gasteiger partial charge in [-0.1, -0.05) is 12.5 Å². The van der Waals surface area contributed by atoms with Crippen molar-refractivity contribution >= 4 is 9.84 Å². The van der Waals surface area contributed by atoms with E-state index in [0.29, 0.717) is 6.10 Å². The molecule has 0 aromatic carbocycles. The van der Waals surface area contributed by atoms with Crippen molar-refractivity contribution in [3.8, 4) is 0 Å². The zero-order valence-corrected chi connectivity index (χ0v) is 42.0. The number of aromatic amines is 1. The third-order valence-corrected chi connectivity index (χ3v) is 6.69. The number of imidazole rings is 1. The van der Waals surface area contributed by atoms with Crippen LogP contribution in [0, 0.1) is 6.92 Å². The Kier molecular flexibility index (Phi) is 64.2. The summed E-state index contributed by atoms with van der Waals surface area (Å²) in [5.74, 6) is 0. The third-order valence-electron chi connectivity index (χ3n) is 6.69. The number of nitrogens with zero attached hydrogens (tertiary/aromatic N) is 6. The molecule has 5 rings (SSSR count). The summed E-state index contributed by atoms with van der Waals surface area (Å²) in [5, 5.41) is 0. The molecule has 3 aliphatic heterocycles. The lowest BCUT2D eigenvalue weighted by Gasteiger charge is -2.21. The molecule has 0 bridgehead atoms. The number of aryl methyl sites for hydroxylation is 2.